The van der Waals surface area contributed by atoms with Gasteiger partial charge in [-0.2, -0.15) is 0 Å². The Balaban J connectivity index is 1.38. The molecule has 7 heteroatoms. The van der Waals surface area contributed by atoms with E-state index in [-0.39, 0.29) is 17.9 Å². The SMILES string of the molecule is CCC(CC)NC(=O)c1ccc(NC(=O)C2=C(C)C[C@@H](C)c3ccc(-c4cncc(N5CCCCC5)c4)cc32)cn1. The van der Waals surface area contributed by atoms with E-state index in [0.717, 1.165) is 60.3 Å². The Bertz CT molecular complexity index is 1440. The molecule has 1 atom stereocenters. The molecule has 2 aliphatic rings. The summed E-state index contributed by atoms with van der Waals surface area (Å²) in [5, 5.41) is 6.03. The third-order valence-electron chi connectivity index (χ3n) is 8.47. The number of nitrogens with zero attached hydrogens (tertiary/aromatic N) is 3. The second-order valence-electron chi connectivity index (χ2n) is 11.4. The number of nitrogens with one attached hydrogen (secondary N) is 2. The average Bonchev–Trinajstić information content (AvgIpc) is 3.00. The molecular weight excluding hydrogens is 510 g/mol. The van der Waals surface area contributed by atoms with Crippen molar-refractivity contribution in [3.63, 3.8) is 0 Å². The van der Waals surface area contributed by atoms with Gasteiger partial charge in [-0.05, 0) is 92.3 Å². The van der Waals surface area contributed by atoms with Crippen molar-refractivity contribution in [1.29, 1.82) is 0 Å². The van der Waals surface area contributed by atoms with Crippen LogP contribution in [-0.2, 0) is 4.79 Å². The standard InChI is InChI=1S/C34H41N5O2/c1-5-26(6-2)37-33(40)31-13-11-27(20-36-31)38-34(41)32-23(4)16-22(3)29-12-10-24(18-30(29)32)25-17-28(21-35-19-25)39-14-8-7-9-15-39/h10-13,17-22,26H,5-9,14-16H2,1-4H3,(H,37,40)(H,38,41)/t22-/m1/s1. The summed E-state index contributed by atoms with van der Waals surface area (Å²) in [4.78, 5) is 37.6. The zero-order valence-electron chi connectivity index (χ0n) is 24.7. The van der Waals surface area contributed by atoms with Crippen LogP contribution in [0.2, 0.25) is 0 Å². The van der Waals surface area contributed by atoms with Crippen molar-refractivity contribution in [2.75, 3.05) is 23.3 Å². The van der Waals surface area contributed by atoms with Crippen molar-refractivity contribution in [2.24, 2.45) is 0 Å². The predicted molar refractivity (Wildman–Crippen MR) is 166 cm³/mol. The first kappa shape index (κ1) is 28.5. The zero-order chi connectivity index (χ0) is 28.9. The Morgan fingerprint density at radius 3 is 2.44 bits per heavy atom. The smallest absolute Gasteiger partial charge is 0.270 e. The summed E-state index contributed by atoms with van der Waals surface area (Å²) in [7, 11) is 0. The van der Waals surface area contributed by atoms with Gasteiger partial charge in [-0.25, -0.2) is 4.98 Å². The summed E-state index contributed by atoms with van der Waals surface area (Å²) in [6.45, 7) is 10.5. The van der Waals surface area contributed by atoms with Crippen LogP contribution in [0.3, 0.4) is 0 Å². The van der Waals surface area contributed by atoms with Crippen LogP contribution in [0.4, 0.5) is 11.4 Å². The highest BCUT2D eigenvalue weighted by Crippen LogP contribution is 2.41. The van der Waals surface area contributed by atoms with Gasteiger partial charge in [0.1, 0.15) is 5.69 Å². The number of carbonyl (C=O) groups excluding carboxylic acids is 2. The van der Waals surface area contributed by atoms with Crippen molar-refractivity contribution in [3.8, 4) is 11.1 Å². The van der Waals surface area contributed by atoms with Crippen molar-refractivity contribution in [1.82, 2.24) is 15.3 Å². The van der Waals surface area contributed by atoms with E-state index in [2.05, 4.69) is 56.7 Å². The summed E-state index contributed by atoms with van der Waals surface area (Å²) >= 11 is 0. The van der Waals surface area contributed by atoms with E-state index in [9.17, 15) is 9.59 Å². The number of benzene rings is 1. The quantitative estimate of drug-likeness (QED) is 0.316. The van der Waals surface area contributed by atoms with E-state index in [0.29, 0.717) is 22.9 Å². The van der Waals surface area contributed by atoms with Gasteiger partial charge in [0.25, 0.3) is 11.8 Å². The number of anilines is 2. The molecule has 7 nitrogen and oxygen atoms in total. The molecule has 0 unspecified atom stereocenters. The molecule has 1 aliphatic heterocycles. The minimum Gasteiger partial charge on any atom is -0.370 e. The van der Waals surface area contributed by atoms with Crippen LogP contribution in [0.25, 0.3) is 16.7 Å². The number of hydrogen-bond acceptors (Lipinski definition) is 5. The van der Waals surface area contributed by atoms with E-state index in [1.165, 1.54) is 24.8 Å². The molecule has 1 aliphatic carbocycles. The molecule has 0 spiro atoms. The molecule has 0 radical (unpaired) electrons. The first-order valence-corrected chi connectivity index (χ1v) is 15.0. The summed E-state index contributed by atoms with van der Waals surface area (Å²) in [5.74, 6) is -0.0383. The number of aromatic nitrogens is 2. The topological polar surface area (TPSA) is 87.2 Å². The van der Waals surface area contributed by atoms with E-state index in [1.54, 1.807) is 18.3 Å². The van der Waals surface area contributed by atoms with Crippen LogP contribution in [0.15, 0.2) is 60.6 Å². The molecule has 41 heavy (non-hydrogen) atoms. The molecule has 3 heterocycles. The third-order valence-corrected chi connectivity index (χ3v) is 8.47. The van der Waals surface area contributed by atoms with Crippen LogP contribution in [0.1, 0.15) is 93.8 Å². The second-order valence-corrected chi connectivity index (χ2v) is 11.4. The highest BCUT2D eigenvalue weighted by molar-refractivity contribution is 6.26. The molecular formula is C34H41N5O2. The number of carbonyl (C=O) groups is 2. The van der Waals surface area contributed by atoms with Crippen LogP contribution < -0.4 is 15.5 Å². The third kappa shape index (κ3) is 6.34. The molecule has 1 saturated heterocycles. The number of allylic oxidation sites excluding steroid dienone is 1. The molecule has 5 rings (SSSR count). The predicted octanol–water partition coefficient (Wildman–Crippen LogP) is 6.97. The maximum absolute atomic E-state index is 13.7. The Kier molecular flexibility index (Phi) is 8.81. The first-order chi connectivity index (χ1) is 19.9. The van der Waals surface area contributed by atoms with Crippen molar-refractivity contribution >= 4 is 28.8 Å². The molecule has 0 bridgehead atoms. The van der Waals surface area contributed by atoms with Gasteiger partial charge in [0.05, 0.1) is 23.8 Å². The van der Waals surface area contributed by atoms with Gasteiger partial charge in [-0.15, -0.1) is 0 Å². The number of fused-ring (bicyclic) bond motifs is 1. The summed E-state index contributed by atoms with van der Waals surface area (Å²) < 4.78 is 0. The fourth-order valence-corrected chi connectivity index (χ4v) is 6.06. The Labute approximate surface area is 243 Å². The van der Waals surface area contributed by atoms with E-state index in [1.807, 2.05) is 33.2 Å². The maximum atomic E-state index is 13.7. The molecule has 0 saturated carbocycles. The average molecular weight is 552 g/mol. The normalized spacial score (nSPS) is 16.9. The molecule has 2 N–H and O–H groups in total. The largest absolute Gasteiger partial charge is 0.370 e. The summed E-state index contributed by atoms with van der Waals surface area (Å²) in [6.07, 6.45) is 11.7. The number of rotatable bonds is 8. The van der Waals surface area contributed by atoms with Gasteiger partial charge in [-0.3, -0.25) is 14.6 Å². The van der Waals surface area contributed by atoms with Crippen molar-refractivity contribution in [2.45, 2.75) is 78.2 Å². The van der Waals surface area contributed by atoms with E-state index in [4.69, 9.17) is 0 Å². The van der Waals surface area contributed by atoms with Gasteiger partial charge >= 0.3 is 0 Å². The van der Waals surface area contributed by atoms with Gasteiger partial charge in [0.15, 0.2) is 0 Å². The highest BCUT2D eigenvalue weighted by Gasteiger charge is 2.27. The Morgan fingerprint density at radius 2 is 1.73 bits per heavy atom. The fourth-order valence-electron chi connectivity index (χ4n) is 6.06. The van der Waals surface area contributed by atoms with E-state index < -0.39 is 0 Å². The number of piperidine rings is 1. The molecule has 3 aromatic rings. The van der Waals surface area contributed by atoms with Gasteiger partial charge in [-0.1, -0.05) is 38.5 Å². The lowest BCUT2D eigenvalue weighted by atomic mass is 9.78. The first-order valence-electron chi connectivity index (χ1n) is 15.0. The van der Waals surface area contributed by atoms with Crippen LogP contribution in [0.5, 0.6) is 0 Å². The molecule has 2 amide bonds. The molecule has 2 aromatic heterocycles. The molecule has 214 valence electrons. The maximum Gasteiger partial charge on any atom is 0.270 e. The summed E-state index contributed by atoms with van der Waals surface area (Å²) in [5.41, 5.74) is 8.07. The van der Waals surface area contributed by atoms with Crippen molar-refractivity contribution in [3.05, 3.63) is 77.4 Å². The lowest BCUT2D eigenvalue weighted by Gasteiger charge is -2.29. The van der Waals surface area contributed by atoms with Crippen molar-refractivity contribution < 1.29 is 9.59 Å². The number of amides is 2. The van der Waals surface area contributed by atoms with Crippen LogP contribution >= 0.6 is 0 Å². The van der Waals surface area contributed by atoms with E-state index >= 15 is 0 Å². The molecule has 1 fully saturated rings. The Hall–Kier alpha value is -4.00. The van der Waals surface area contributed by atoms with Gasteiger partial charge in [0, 0.05) is 36.5 Å². The monoisotopic (exact) mass is 551 g/mol. The lowest BCUT2D eigenvalue weighted by molar-refractivity contribution is -0.111. The fraction of sp³-hybridized carbons (Fsp3) is 0.412. The second kappa shape index (κ2) is 12.7. The number of pyridine rings is 2. The van der Waals surface area contributed by atoms with Crippen LogP contribution in [-0.4, -0.2) is 40.9 Å². The van der Waals surface area contributed by atoms with Gasteiger partial charge in [0.2, 0.25) is 0 Å². The number of hydrogen-bond donors (Lipinski definition) is 2. The Morgan fingerprint density at radius 1 is 0.951 bits per heavy atom. The zero-order valence-corrected chi connectivity index (χ0v) is 24.7. The van der Waals surface area contributed by atoms with Gasteiger partial charge < -0.3 is 15.5 Å². The highest BCUT2D eigenvalue weighted by atomic mass is 16.2. The van der Waals surface area contributed by atoms with Crippen LogP contribution in [0, 0.1) is 0 Å². The lowest BCUT2D eigenvalue weighted by Crippen LogP contribution is -2.34. The molecule has 1 aromatic carbocycles. The minimum atomic E-state index is -0.197. The summed E-state index contributed by atoms with van der Waals surface area (Å²) in [6, 6.07) is 12.2. The minimum absolute atomic E-state index is 0.125.